The molecule has 21 heavy (non-hydrogen) atoms. The molecule has 0 saturated carbocycles. The van der Waals surface area contributed by atoms with Crippen molar-refractivity contribution in [1.29, 1.82) is 0 Å². The Hall–Kier alpha value is -1.12. The molecule has 1 aromatic carbocycles. The van der Waals surface area contributed by atoms with Crippen molar-refractivity contribution in [1.82, 2.24) is 14.8 Å². The highest BCUT2D eigenvalue weighted by molar-refractivity contribution is 9.10. The van der Waals surface area contributed by atoms with Crippen molar-refractivity contribution in [2.45, 2.75) is 25.0 Å². The van der Waals surface area contributed by atoms with E-state index in [4.69, 9.17) is 15.4 Å². The summed E-state index contributed by atoms with van der Waals surface area (Å²) < 4.78 is 30.5. The highest BCUT2D eigenvalue weighted by Crippen LogP contribution is 2.31. The summed E-state index contributed by atoms with van der Waals surface area (Å²) in [5, 5.41) is 7.41. The molecule has 0 unspecified atom stereocenters. The van der Waals surface area contributed by atoms with E-state index in [0.717, 1.165) is 16.5 Å². The van der Waals surface area contributed by atoms with Gasteiger partial charge in [-0.3, -0.25) is 4.57 Å². The van der Waals surface area contributed by atoms with Crippen LogP contribution in [-0.4, -0.2) is 30.3 Å². The summed E-state index contributed by atoms with van der Waals surface area (Å²) in [6, 6.07) is 5.34. The van der Waals surface area contributed by atoms with Gasteiger partial charge in [0, 0.05) is 22.8 Å². The maximum Gasteiger partial charge on any atom is 0.296 e. The van der Waals surface area contributed by atoms with E-state index in [2.05, 4.69) is 26.1 Å². The third-order valence-electron chi connectivity index (χ3n) is 2.79. The second-order valence-corrected chi connectivity index (χ2v) is 7.56. The molecule has 0 atom stereocenters. The number of nitrogens with zero attached hydrogens (tertiary/aromatic N) is 3. The number of rotatable bonds is 5. The van der Waals surface area contributed by atoms with Crippen molar-refractivity contribution in [3.05, 3.63) is 22.7 Å². The number of methoxy groups -OCH3 is 1. The largest absolute Gasteiger partial charge is 0.496 e. The summed E-state index contributed by atoms with van der Waals surface area (Å²) in [4.78, 5) is 0. The predicted octanol–water partition coefficient (Wildman–Crippen LogP) is 3.05. The lowest BCUT2D eigenvalue weighted by Gasteiger charge is -2.09. The average molecular weight is 395 g/mol. The maximum absolute atomic E-state index is 11.6. The molecular weight excluding hydrogens is 382 g/mol. The molecule has 0 spiro atoms. The van der Waals surface area contributed by atoms with E-state index < -0.39 is 9.05 Å². The molecule has 2 aromatic rings. The molecule has 1 aromatic heterocycles. The van der Waals surface area contributed by atoms with Crippen LogP contribution in [0.2, 0.25) is 0 Å². The Morgan fingerprint density at radius 1 is 1.38 bits per heavy atom. The summed E-state index contributed by atoms with van der Waals surface area (Å²) in [5.41, 5.74) is 0.718. The van der Waals surface area contributed by atoms with Gasteiger partial charge < -0.3 is 4.74 Å². The van der Waals surface area contributed by atoms with Gasteiger partial charge in [0.2, 0.25) is 0 Å². The summed E-state index contributed by atoms with van der Waals surface area (Å²) in [6.45, 7) is 2.38. The Balaban J connectivity index is 2.59. The monoisotopic (exact) mass is 393 g/mol. The van der Waals surface area contributed by atoms with Gasteiger partial charge in [-0.1, -0.05) is 6.92 Å². The van der Waals surface area contributed by atoms with E-state index in [0.29, 0.717) is 18.1 Å². The molecule has 0 aliphatic carbocycles. The minimum atomic E-state index is -3.94. The van der Waals surface area contributed by atoms with Crippen LogP contribution in [0.4, 0.5) is 0 Å². The summed E-state index contributed by atoms with van der Waals surface area (Å²) in [5.74, 6) is 1.12. The normalized spacial score (nSPS) is 11.6. The van der Waals surface area contributed by atoms with Crippen LogP contribution in [0.15, 0.2) is 27.8 Å². The third kappa shape index (κ3) is 3.38. The van der Waals surface area contributed by atoms with Crippen molar-refractivity contribution in [3.63, 3.8) is 0 Å². The lowest BCUT2D eigenvalue weighted by molar-refractivity contribution is 0.412. The van der Waals surface area contributed by atoms with Crippen LogP contribution in [0.5, 0.6) is 5.75 Å². The Labute approximate surface area is 135 Å². The first kappa shape index (κ1) is 16.3. The quantitative estimate of drug-likeness (QED) is 0.729. The van der Waals surface area contributed by atoms with Crippen molar-refractivity contribution in [3.8, 4) is 17.1 Å². The Kier molecular flexibility index (Phi) is 4.90. The number of halogens is 2. The van der Waals surface area contributed by atoms with E-state index in [1.807, 2.05) is 6.92 Å². The number of benzene rings is 1. The second kappa shape index (κ2) is 6.33. The van der Waals surface area contributed by atoms with Crippen molar-refractivity contribution >= 4 is 35.7 Å². The van der Waals surface area contributed by atoms with Gasteiger partial charge in [0.25, 0.3) is 14.2 Å². The zero-order chi connectivity index (χ0) is 15.6. The first-order chi connectivity index (χ1) is 9.88. The van der Waals surface area contributed by atoms with Gasteiger partial charge in [0.1, 0.15) is 5.75 Å². The molecule has 0 aliphatic heterocycles. The van der Waals surface area contributed by atoms with Gasteiger partial charge in [-0.25, -0.2) is 8.42 Å². The fourth-order valence-electron chi connectivity index (χ4n) is 1.91. The minimum Gasteiger partial charge on any atom is -0.496 e. The molecule has 114 valence electrons. The SMILES string of the molecule is CCCn1c(-c2ccc(OC)c(Br)c2)nnc1S(=O)(=O)Cl. The molecular formula is C12H13BrClN3O3S. The van der Waals surface area contributed by atoms with Crippen LogP contribution in [0.3, 0.4) is 0 Å². The van der Waals surface area contributed by atoms with E-state index in [1.165, 1.54) is 4.57 Å². The van der Waals surface area contributed by atoms with E-state index in [1.54, 1.807) is 25.3 Å². The fraction of sp³-hybridized carbons (Fsp3) is 0.333. The summed E-state index contributed by atoms with van der Waals surface area (Å²) in [6.07, 6.45) is 0.724. The van der Waals surface area contributed by atoms with Crippen LogP contribution in [0, 0.1) is 0 Å². The predicted molar refractivity (Wildman–Crippen MR) is 83.0 cm³/mol. The van der Waals surface area contributed by atoms with Gasteiger partial charge >= 0.3 is 0 Å². The zero-order valence-corrected chi connectivity index (χ0v) is 14.5. The smallest absolute Gasteiger partial charge is 0.296 e. The number of aromatic nitrogens is 3. The van der Waals surface area contributed by atoms with Gasteiger partial charge in [-0.05, 0) is 40.5 Å². The second-order valence-electron chi connectivity index (χ2n) is 4.24. The summed E-state index contributed by atoms with van der Waals surface area (Å²) in [7, 11) is 3.03. The number of ether oxygens (including phenoxy) is 1. The van der Waals surface area contributed by atoms with Crippen LogP contribution in [-0.2, 0) is 15.6 Å². The van der Waals surface area contributed by atoms with E-state index in [-0.39, 0.29) is 5.16 Å². The lowest BCUT2D eigenvalue weighted by Crippen LogP contribution is -2.07. The topological polar surface area (TPSA) is 74.1 Å². The number of hydrogen-bond donors (Lipinski definition) is 0. The molecule has 2 rings (SSSR count). The van der Waals surface area contributed by atoms with Crippen LogP contribution in [0.1, 0.15) is 13.3 Å². The number of hydrogen-bond acceptors (Lipinski definition) is 5. The minimum absolute atomic E-state index is 0.243. The molecule has 0 fully saturated rings. The van der Waals surface area contributed by atoms with Crippen LogP contribution < -0.4 is 4.74 Å². The van der Waals surface area contributed by atoms with Gasteiger partial charge in [0.15, 0.2) is 5.82 Å². The Morgan fingerprint density at radius 3 is 2.62 bits per heavy atom. The van der Waals surface area contributed by atoms with Gasteiger partial charge in [0.05, 0.1) is 11.6 Å². The highest BCUT2D eigenvalue weighted by Gasteiger charge is 2.23. The first-order valence-electron chi connectivity index (χ1n) is 6.10. The van der Waals surface area contributed by atoms with Crippen molar-refractivity contribution < 1.29 is 13.2 Å². The van der Waals surface area contributed by atoms with E-state index >= 15 is 0 Å². The van der Waals surface area contributed by atoms with Crippen molar-refractivity contribution in [2.24, 2.45) is 0 Å². The fourth-order valence-corrected chi connectivity index (χ4v) is 3.38. The van der Waals surface area contributed by atoms with E-state index in [9.17, 15) is 8.42 Å². The van der Waals surface area contributed by atoms with Gasteiger partial charge in [-0.15, -0.1) is 10.2 Å². The first-order valence-corrected chi connectivity index (χ1v) is 9.20. The zero-order valence-electron chi connectivity index (χ0n) is 11.4. The molecule has 0 aliphatic rings. The molecule has 0 radical (unpaired) electrons. The molecule has 1 heterocycles. The highest BCUT2D eigenvalue weighted by atomic mass is 79.9. The molecule has 0 amide bonds. The Morgan fingerprint density at radius 2 is 2.10 bits per heavy atom. The molecule has 9 heteroatoms. The van der Waals surface area contributed by atoms with Crippen LogP contribution >= 0.6 is 26.6 Å². The van der Waals surface area contributed by atoms with Crippen LogP contribution in [0.25, 0.3) is 11.4 Å². The molecule has 6 nitrogen and oxygen atoms in total. The Bertz CT molecular complexity index is 761. The molecule has 0 N–H and O–H groups in total. The average Bonchev–Trinajstić information content (AvgIpc) is 2.83. The summed E-state index contributed by atoms with van der Waals surface area (Å²) >= 11 is 3.39. The standard InChI is InChI=1S/C12H13BrClN3O3S/c1-3-6-17-11(15-16-12(17)21(14,18)19)8-4-5-10(20-2)9(13)7-8/h4-5,7H,3,6H2,1-2H3. The molecule has 0 bridgehead atoms. The lowest BCUT2D eigenvalue weighted by atomic mass is 10.2. The van der Waals surface area contributed by atoms with Crippen molar-refractivity contribution in [2.75, 3.05) is 7.11 Å². The maximum atomic E-state index is 11.6. The molecule has 0 saturated heterocycles. The third-order valence-corrected chi connectivity index (χ3v) is 4.56. The van der Waals surface area contributed by atoms with Gasteiger partial charge in [-0.2, -0.15) is 0 Å².